The molecule has 1 aliphatic heterocycles. The highest BCUT2D eigenvalue weighted by Gasteiger charge is 2.23. The number of rotatable bonds is 5. The summed E-state index contributed by atoms with van der Waals surface area (Å²) in [5.41, 5.74) is 0.916. The van der Waals surface area contributed by atoms with Crippen LogP contribution in [0.15, 0.2) is 18.3 Å². The molecule has 2 rings (SSSR count). The number of nitrogens with zero attached hydrogens (tertiary/aromatic N) is 1. The second kappa shape index (κ2) is 7.06. The molecule has 1 aromatic heterocycles. The Hall–Kier alpha value is -2.11. The number of ether oxygens (including phenoxy) is 1. The van der Waals surface area contributed by atoms with Crippen molar-refractivity contribution in [3.05, 3.63) is 23.9 Å². The molecule has 21 heavy (non-hydrogen) atoms. The van der Waals surface area contributed by atoms with Gasteiger partial charge in [0.05, 0.1) is 12.0 Å². The summed E-state index contributed by atoms with van der Waals surface area (Å²) in [5, 5.41) is 5.58. The van der Waals surface area contributed by atoms with Crippen LogP contribution in [0.4, 0.5) is 0 Å². The molecule has 6 heteroatoms. The van der Waals surface area contributed by atoms with E-state index in [4.69, 9.17) is 4.74 Å². The van der Waals surface area contributed by atoms with Crippen molar-refractivity contribution in [3.63, 3.8) is 0 Å². The Bertz CT molecular complexity index is 489. The van der Waals surface area contributed by atoms with Gasteiger partial charge in [-0.15, -0.1) is 0 Å². The summed E-state index contributed by atoms with van der Waals surface area (Å²) < 4.78 is 5.46. The smallest absolute Gasteiger partial charge is 0.225 e. The van der Waals surface area contributed by atoms with Gasteiger partial charge in [0.15, 0.2) is 0 Å². The molecule has 1 fully saturated rings. The third-order valence-electron chi connectivity index (χ3n) is 3.26. The number of piperidine rings is 1. The fourth-order valence-corrected chi connectivity index (χ4v) is 2.12. The van der Waals surface area contributed by atoms with Crippen LogP contribution in [0.5, 0.6) is 5.88 Å². The molecular formula is C15H21N3O3. The molecule has 1 aromatic rings. The van der Waals surface area contributed by atoms with Crippen LogP contribution in [-0.2, 0) is 16.1 Å². The molecule has 0 bridgehead atoms. The highest BCUT2D eigenvalue weighted by molar-refractivity contribution is 5.83. The Morgan fingerprint density at radius 1 is 1.52 bits per heavy atom. The topological polar surface area (TPSA) is 80.3 Å². The van der Waals surface area contributed by atoms with Crippen LogP contribution in [0.1, 0.15) is 32.3 Å². The van der Waals surface area contributed by atoms with Crippen molar-refractivity contribution in [3.8, 4) is 5.88 Å². The maximum atomic E-state index is 12.0. The van der Waals surface area contributed by atoms with Crippen LogP contribution in [-0.4, -0.2) is 29.4 Å². The van der Waals surface area contributed by atoms with Gasteiger partial charge in [0.1, 0.15) is 0 Å². The second-order valence-corrected chi connectivity index (χ2v) is 5.43. The fraction of sp³-hybridized carbons (Fsp3) is 0.533. The summed E-state index contributed by atoms with van der Waals surface area (Å²) in [6.45, 7) is 4.74. The number of hydrogen-bond donors (Lipinski definition) is 2. The van der Waals surface area contributed by atoms with Crippen LogP contribution in [0, 0.1) is 5.92 Å². The SMILES string of the molecule is CC(C)Oc1ccc(CNC(=O)[C@@H]2CCC(=O)NC2)cn1. The lowest BCUT2D eigenvalue weighted by atomic mass is 9.98. The van der Waals surface area contributed by atoms with Crippen molar-refractivity contribution in [2.45, 2.75) is 39.3 Å². The maximum Gasteiger partial charge on any atom is 0.225 e. The van der Waals surface area contributed by atoms with E-state index in [-0.39, 0.29) is 23.8 Å². The van der Waals surface area contributed by atoms with Gasteiger partial charge in [-0.2, -0.15) is 0 Å². The van der Waals surface area contributed by atoms with Crippen LogP contribution in [0.3, 0.4) is 0 Å². The molecule has 1 saturated heterocycles. The van der Waals surface area contributed by atoms with Gasteiger partial charge in [0.2, 0.25) is 17.7 Å². The molecule has 0 radical (unpaired) electrons. The average Bonchev–Trinajstić information content (AvgIpc) is 2.46. The average molecular weight is 291 g/mol. The quantitative estimate of drug-likeness (QED) is 0.848. The minimum Gasteiger partial charge on any atom is -0.475 e. The Morgan fingerprint density at radius 2 is 2.33 bits per heavy atom. The number of amides is 2. The summed E-state index contributed by atoms with van der Waals surface area (Å²) in [6, 6.07) is 3.68. The third kappa shape index (κ3) is 4.73. The van der Waals surface area contributed by atoms with E-state index in [9.17, 15) is 9.59 Å². The zero-order valence-electron chi connectivity index (χ0n) is 12.4. The minimum absolute atomic E-state index is 0.0176. The molecule has 0 spiro atoms. The first kappa shape index (κ1) is 15.3. The summed E-state index contributed by atoms with van der Waals surface area (Å²) in [4.78, 5) is 27.2. The van der Waals surface area contributed by atoms with E-state index in [2.05, 4.69) is 15.6 Å². The van der Waals surface area contributed by atoms with Crippen molar-refractivity contribution >= 4 is 11.8 Å². The zero-order valence-corrected chi connectivity index (χ0v) is 12.4. The highest BCUT2D eigenvalue weighted by Crippen LogP contribution is 2.12. The van der Waals surface area contributed by atoms with E-state index in [1.807, 2.05) is 19.9 Å². The Balaban J connectivity index is 1.79. The molecule has 6 nitrogen and oxygen atoms in total. The van der Waals surface area contributed by atoms with E-state index in [1.165, 1.54) is 0 Å². The monoisotopic (exact) mass is 291 g/mol. The molecule has 0 aliphatic carbocycles. The number of pyridine rings is 1. The lowest BCUT2D eigenvalue weighted by Crippen LogP contribution is -2.42. The predicted octanol–water partition coefficient (Wildman–Crippen LogP) is 1.01. The lowest BCUT2D eigenvalue weighted by molar-refractivity contribution is -0.129. The van der Waals surface area contributed by atoms with E-state index < -0.39 is 0 Å². The van der Waals surface area contributed by atoms with Gasteiger partial charge in [-0.3, -0.25) is 9.59 Å². The number of carbonyl (C=O) groups excluding carboxylic acids is 2. The van der Waals surface area contributed by atoms with Gasteiger partial charge < -0.3 is 15.4 Å². The maximum absolute atomic E-state index is 12.0. The predicted molar refractivity (Wildman–Crippen MR) is 77.6 cm³/mol. The zero-order chi connectivity index (χ0) is 15.2. The first-order valence-corrected chi connectivity index (χ1v) is 7.20. The van der Waals surface area contributed by atoms with E-state index in [0.717, 1.165) is 5.56 Å². The molecule has 114 valence electrons. The van der Waals surface area contributed by atoms with E-state index in [1.54, 1.807) is 12.3 Å². The lowest BCUT2D eigenvalue weighted by Gasteiger charge is -2.21. The van der Waals surface area contributed by atoms with Crippen LogP contribution < -0.4 is 15.4 Å². The Morgan fingerprint density at radius 3 is 2.90 bits per heavy atom. The molecule has 2 amide bonds. The first-order valence-electron chi connectivity index (χ1n) is 7.20. The van der Waals surface area contributed by atoms with Gasteiger partial charge in [0.25, 0.3) is 0 Å². The molecule has 0 saturated carbocycles. The fourth-order valence-electron chi connectivity index (χ4n) is 2.12. The largest absolute Gasteiger partial charge is 0.475 e. The molecule has 0 unspecified atom stereocenters. The minimum atomic E-state index is -0.140. The second-order valence-electron chi connectivity index (χ2n) is 5.43. The van der Waals surface area contributed by atoms with Gasteiger partial charge in [-0.05, 0) is 25.8 Å². The summed E-state index contributed by atoms with van der Waals surface area (Å²) in [5.74, 6) is 0.427. The van der Waals surface area contributed by atoms with E-state index in [0.29, 0.717) is 31.8 Å². The van der Waals surface area contributed by atoms with Crippen LogP contribution in [0.2, 0.25) is 0 Å². The van der Waals surface area contributed by atoms with Crippen LogP contribution in [0.25, 0.3) is 0 Å². The normalized spacial score (nSPS) is 18.2. The van der Waals surface area contributed by atoms with Gasteiger partial charge in [-0.1, -0.05) is 6.07 Å². The third-order valence-corrected chi connectivity index (χ3v) is 3.26. The van der Waals surface area contributed by atoms with Crippen LogP contribution >= 0.6 is 0 Å². The van der Waals surface area contributed by atoms with Crippen molar-refractivity contribution in [2.24, 2.45) is 5.92 Å². The summed E-state index contributed by atoms with van der Waals surface area (Å²) in [6.07, 6.45) is 2.81. The highest BCUT2D eigenvalue weighted by atomic mass is 16.5. The van der Waals surface area contributed by atoms with Gasteiger partial charge >= 0.3 is 0 Å². The van der Waals surface area contributed by atoms with Crippen molar-refractivity contribution in [1.82, 2.24) is 15.6 Å². The number of aromatic nitrogens is 1. The Kier molecular flexibility index (Phi) is 5.14. The summed E-state index contributed by atoms with van der Waals surface area (Å²) in [7, 11) is 0. The summed E-state index contributed by atoms with van der Waals surface area (Å²) >= 11 is 0. The number of nitrogens with one attached hydrogen (secondary N) is 2. The van der Waals surface area contributed by atoms with Crippen molar-refractivity contribution in [1.29, 1.82) is 0 Å². The van der Waals surface area contributed by atoms with E-state index >= 15 is 0 Å². The first-order chi connectivity index (χ1) is 10.0. The molecule has 0 aromatic carbocycles. The van der Waals surface area contributed by atoms with Crippen molar-refractivity contribution < 1.29 is 14.3 Å². The standard InChI is InChI=1S/C15H21N3O3/c1-10(2)21-14-6-3-11(7-17-14)8-18-15(20)12-4-5-13(19)16-9-12/h3,6-7,10,12H,4-5,8-9H2,1-2H3,(H,16,19)(H,18,20)/t12-/m1/s1. The number of carbonyl (C=O) groups is 2. The molecule has 2 N–H and O–H groups in total. The molecular weight excluding hydrogens is 270 g/mol. The molecule has 2 heterocycles. The Labute approximate surface area is 124 Å². The molecule has 1 atom stereocenters. The van der Waals surface area contributed by atoms with Gasteiger partial charge in [-0.25, -0.2) is 4.98 Å². The molecule has 1 aliphatic rings. The van der Waals surface area contributed by atoms with Crippen molar-refractivity contribution in [2.75, 3.05) is 6.54 Å². The number of hydrogen-bond acceptors (Lipinski definition) is 4. The van der Waals surface area contributed by atoms with Gasteiger partial charge in [0, 0.05) is 31.8 Å².